The molecule has 0 bridgehead atoms. The molecule has 0 aliphatic rings. The first-order chi connectivity index (χ1) is 13.3. The first-order valence-corrected chi connectivity index (χ1v) is 11.9. The number of aryl methyl sites for hydroxylation is 1. The summed E-state index contributed by atoms with van der Waals surface area (Å²) < 4.78 is 46.7. The predicted molar refractivity (Wildman–Crippen MR) is 107 cm³/mol. The van der Waals surface area contributed by atoms with Gasteiger partial charge in [-0.3, -0.25) is 19.2 Å². The lowest BCUT2D eigenvalue weighted by Gasteiger charge is -2.24. The van der Waals surface area contributed by atoms with Gasteiger partial charge < -0.3 is 18.1 Å². The van der Waals surface area contributed by atoms with Gasteiger partial charge in [0.25, 0.3) is 5.69 Å². The Morgan fingerprint density at radius 2 is 1.71 bits per heavy atom. The van der Waals surface area contributed by atoms with Crippen molar-refractivity contribution in [3.63, 3.8) is 0 Å². The van der Waals surface area contributed by atoms with Crippen molar-refractivity contribution >= 4 is 20.9 Å². The van der Waals surface area contributed by atoms with Crippen LogP contribution in [0.4, 0.5) is 5.69 Å². The molecule has 0 unspecified atom stereocenters. The standard InChI is InChI=1S/C17H27NO8P2/c1-5-25-28(22,26-6-2)17(27(21,23-3)24-4)13-8-7-10-15-11-9-12-16(14-15)18(19)20/h9,11-14H,5-8,10H2,1-4H3. The second kappa shape index (κ2) is 11.6. The minimum absolute atomic E-state index is 0.0224. The smallest absolute Gasteiger partial charge is 0.308 e. The molecule has 9 nitrogen and oxygen atoms in total. The zero-order valence-corrected chi connectivity index (χ0v) is 18.3. The van der Waals surface area contributed by atoms with Crippen LogP contribution in [0, 0.1) is 10.1 Å². The summed E-state index contributed by atoms with van der Waals surface area (Å²) in [6, 6.07) is 6.34. The molecule has 0 aliphatic heterocycles. The highest BCUT2D eigenvalue weighted by molar-refractivity contribution is 7.78. The van der Waals surface area contributed by atoms with Gasteiger partial charge in [-0.15, -0.1) is 0 Å². The summed E-state index contributed by atoms with van der Waals surface area (Å²) in [7, 11) is -5.31. The molecule has 1 aromatic rings. The molecule has 0 aromatic heterocycles. The minimum atomic E-state index is -3.86. The van der Waals surface area contributed by atoms with Crippen molar-refractivity contribution in [2.45, 2.75) is 33.1 Å². The van der Waals surface area contributed by atoms with Gasteiger partial charge in [0.1, 0.15) is 5.06 Å². The number of nitro groups is 1. The number of allylic oxidation sites excluding steroid dienone is 1. The Hall–Kier alpha value is -1.34. The van der Waals surface area contributed by atoms with Crippen molar-refractivity contribution in [2.24, 2.45) is 0 Å². The van der Waals surface area contributed by atoms with Crippen LogP contribution in [0.3, 0.4) is 0 Å². The second-order valence-corrected chi connectivity index (χ2v) is 10.1. The minimum Gasteiger partial charge on any atom is -0.308 e. The van der Waals surface area contributed by atoms with Gasteiger partial charge in [-0.05, 0) is 38.7 Å². The summed E-state index contributed by atoms with van der Waals surface area (Å²) in [6.45, 7) is 3.48. The van der Waals surface area contributed by atoms with Crippen molar-refractivity contribution < 1.29 is 32.1 Å². The maximum atomic E-state index is 13.1. The average Bonchev–Trinajstić information content (AvgIpc) is 2.67. The van der Waals surface area contributed by atoms with Gasteiger partial charge in [-0.1, -0.05) is 18.2 Å². The van der Waals surface area contributed by atoms with Crippen LogP contribution in [-0.2, 0) is 33.6 Å². The Balaban J connectivity index is 3.03. The molecule has 11 heteroatoms. The fraction of sp³-hybridized carbons (Fsp3) is 0.529. The summed E-state index contributed by atoms with van der Waals surface area (Å²) in [5.41, 5.74) is 0.817. The number of rotatable bonds is 13. The SMILES string of the molecule is CCOP(=O)(OCC)C(=CCCCc1cccc([N+](=O)[O-])c1)P(=O)(OC)OC. The van der Waals surface area contributed by atoms with Crippen LogP contribution in [0.2, 0.25) is 0 Å². The zero-order chi connectivity index (χ0) is 21.2. The summed E-state index contributed by atoms with van der Waals surface area (Å²) in [6.07, 6.45) is 2.98. The van der Waals surface area contributed by atoms with Gasteiger partial charge in [-0.25, -0.2) is 0 Å². The summed E-state index contributed by atoms with van der Waals surface area (Å²) in [5, 5.41) is 10.7. The van der Waals surface area contributed by atoms with Crippen LogP contribution in [-0.4, -0.2) is 32.4 Å². The number of unbranched alkanes of at least 4 members (excludes halogenated alkanes) is 1. The van der Waals surface area contributed by atoms with Crippen molar-refractivity contribution in [2.75, 3.05) is 27.4 Å². The highest BCUT2D eigenvalue weighted by Crippen LogP contribution is 2.73. The Morgan fingerprint density at radius 1 is 1.11 bits per heavy atom. The van der Waals surface area contributed by atoms with E-state index in [0.717, 1.165) is 5.56 Å². The molecule has 0 aliphatic carbocycles. The molecule has 0 N–H and O–H groups in total. The van der Waals surface area contributed by atoms with Crippen LogP contribution in [0.5, 0.6) is 0 Å². The quantitative estimate of drug-likeness (QED) is 0.172. The molecule has 0 amide bonds. The normalized spacial score (nSPS) is 12.9. The molecule has 0 heterocycles. The van der Waals surface area contributed by atoms with E-state index in [2.05, 4.69) is 0 Å². The van der Waals surface area contributed by atoms with E-state index < -0.39 is 20.1 Å². The third-order valence-corrected chi connectivity index (χ3v) is 8.87. The number of nitrogens with zero attached hydrogens (tertiary/aromatic N) is 1. The lowest BCUT2D eigenvalue weighted by atomic mass is 10.1. The van der Waals surface area contributed by atoms with Gasteiger partial charge in [-0.2, -0.15) is 0 Å². The first kappa shape index (κ1) is 24.7. The zero-order valence-electron chi connectivity index (χ0n) is 16.5. The molecule has 1 rings (SSSR count). The lowest BCUT2D eigenvalue weighted by molar-refractivity contribution is -0.384. The van der Waals surface area contributed by atoms with E-state index >= 15 is 0 Å². The number of hydrogen-bond acceptors (Lipinski definition) is 8. The first-order valence-electron chi connectivity index (χ1n) is 8.81. The van der Waals surface area contributed by atoms with E-state index in [4.69, 9.17) is 18.1 Å². The van der Waals surface area contributed by atoms with Gasteiger partial charge in [0.05, 0.1) is 18.1 Å². The maximum Gasteiger partial charge on any atom is 0.369 e. The van der Waals surface area contributed by atoms with Gasteiger partial charge in [0.15, 0.2) is 0 Å². The summed E-state index contributed by atoms with van der Waals surface area (Å²) in [5.74, 6) is 0. The third-order valence-electron chi connectivity index (χ3n) is 3.76. The summed E-state index contributed by atoms with van der Waals surface area (Å²) in [4.78, 5) is 10.4. The van der Waals surface area contributed by atoms with Crippen LogP contribution in [0.15, 0.2) is 35.4 Å². The Bertz CT molecular complexity index is 762. The van der Waals surface area contributed by atoms with Crippen molar-refractivity contribution in [3.05, 3.63) is 51.1 Å². The largest absolute Gasteiger partial charge is 0.369 e. The molecule has 1 aromatic carbocycles. The number of nitro benzene ring substituents is 1. The van der Waals surface area contributed by atoms with E-state index in [1.165, 1.54) is 32.4 Å². The number of benzene rings is 1. The Morgan fingerprint density at radius 3 is 2.21 bits per heavy atom. The third kappa shape index (κ3) is 6.62. The van der Waals surface area contributed by atoms with E-state index in [9.17, 15) is 19.2 Å². The Kier molecular flexibility index (Phi) is 10.2. The predicted octanol–water partition coefficient (Wildman–Crippen LogP) is 5.51. The topological polar surface area (TPSA) is 114 Å². The molecule has 158 valence electrons. The van der Waals surface area contributed by atoms with Crippen LogP contribution < -0.4 is 0 Å². The fourth-order valence-corrected chi connectivity index (χ4v) is 6.79. The summed E-state index contributed by atoms with van der Waals surface area (Å²) >= 11 is 0. The van der Waals surface area contributed by atoms with E-state index in [0.29, 0.717) is 19.3 Å². The molecular weight excluding hydrogens is 408 g/mol. The van der Waals surface area contributed by atoms with Gasteiger partial charge in [0.2, 0.25) is 0 Å². The van der Waals surface area contributed by atoms with Crippen molar-refractivity contribution in [1.82, 2.24) is 0 Å². The molecule has 0 fully saturated rings. The molecule has 0 atom stereocenters. The van der Waals surface area contributed by atoms with Crippen LogP contribution in [0.1, 0.15) is 32.3 Å². The fourth-order valence-electron chi connectivity index (χ4n) is 2.51. The molecular formula is C17H27NO8P2. The van der Waals surface area contributed by atoms with Crippen molar-refractivity contribution in [1.29, 1.82) is 0 Å². The maximum absolute atomic E-state index is 13.1. The van der Waals surface area contributed by atoms with E-state index in [-0.39, 0.29) is 24.0 Å². The lowest BCUT2D eigenvalue weighted by Crippen LogP contribution is -2.02. The van der Waals surface area contributed by atoms with Crippen molar-refractivity contribution in [3.8, 4) is 0 Å². The Labute approximate surface area is 165 Å². The monoisotopic (exact) mass is 435 g/mol. The van der Waals surface area contributed by atoms with Crippen LogP contribution in [0.25, 0.3) is 0 Å². The highest BCUT2D eigenvalue weighted by Gasteiger charge is 2.43. The number of non-ortho nitro benzene ring substituents is 1. The van der Waals surface area contributed by atoms with E-state index in [1.807, 2.05) is 0 Å². The van der Waals surface area contributed by atoms with Crippen LogP contribution >= 0.6 is 15.2 Å². The van der Waals surface area contributed by atoms with E-state index in [1.54, 1.807) is 26.0 Å². The molecule has 0 saturated heterocycles. The molecule has 0 radical (unpaired) electrons. The highest BCUT2D eigenvalue weighted by atomic mass is 31.2. The van der Waals surface area contributed by atoms with Gasteiger partial charge in [0, 0.05) is 26.4 Å². The molecule has 28 heavy (non-hydrogen) atoms. The number of hydrogen-bond donors (Lipinski definition) is 0. The average molecular weight is 435 g/mol. The van der Waals surface area contributed by atoms with Gasteiger partial charge >= 0.3 is 15.2 Å². The molecule has 0 spiro atoms. The second-order valence-electron chi connectivity index (χ2n) is 5.58. The molecule has 0 saturated carbocycles.